The number of fused-ring (bicyclic) bond motifs is 1. The van der Waals surface area contributed by atoms with Gasteiger partial charge in [0.1, 0.15) is 0 Å². The van der Waals surface area contributed by atoms with Crippen molar-refractivity contribution in [2.24, 2.45) is 0 Å². The molecule has 0 aromatic heterocycles. The molecule has 82 valence electrons. The minimum Gasteiger partial charge on any atom is -0.469 e. The molecule has 0 bridgehead atoms. The number of carbonyl (C=O) groups excluding carboxylic acids is 1. The number of hydrogen-bond donors (Lipinski definition) is 0. The molecule has 2 aromatic rings. The Hall–Kier alpha value is -1.35. The van der Waals surface area contributed by atoms with Gasteiger partial charge < -0.3 is 4.74 Å². The van der Waals surface area contributed by atoms with E-state index in [2.05, 4.69) is 20.7 Å². The predicted molar refractivity (Wildman–Crippen MR) is 67.4 cm³/mol. The summed E-state index contributed by atoms with van der Waals surface area (Å²) in [5.41, 5.74) is 0.991. The van der Waals surface area contributed by atoms with E-state index in [1.807, 2.05) is 36.4 Å². The standard InChI is InChI=1S/C13H11BrO2/c1-16-13(15)7-10-4-2-3-9-5-6-11(14)8-12(9)10/h2-6,8H,7H2,1H3. The van der Waals surface area contributed by atoms with E-state index in [9.17, 15) is 4.79 Å². The van der Waals surface area contributed by atoms with Gasteiger partial charge in [-0.05, 0) is 28.5 Å². The Bertz CT molecular complexity index is 534. The van der Waals surface area contributed by atoms with E-state index < -0.39 is 0 Å². The van der Waals surface area contributed by atoms with E-state index >= 15 is 0 Å². The molecule has 0 saturated carbocycles. The van der Waals surface area contributed by atoms with Crippen LogP contribution in [0.1, 0.15) is 5.56 Å². The summed E-state index contributed by atoms with van der Waals surface area (Å²) in [4.78, 5) is 11.3. The molecule has 0 radical (unpaired) electrons. The topological polar surface area (TPSA) is 26.3 Å². The van der Waals surface area contributed by atoms with Crippen molar-refractivity contribution in [2.45, 2.75) is 6.42 Å². The second-order valence-electron chi connectivity index (χ2n) is 3.54. The van der Waals surface area contributed by atoms with Gasteiger partial charge in [0, 0.05) is 4.47 Å². The Morgan fingerprint density at radius 3 is 2.88 bits per heavy atom. The minimum atomic E-state index is -0.215. The first kappa shape index (κ1) is 11.1. The van der Waals surface area contributed by atoms with Gasteiger partial charge in [-0.2, -0.15) is 0 Å². The van der Waals surface area contributed by atoms with Crippen LogP contribution < -0.4 is 0 Å². The van der Waals surface area contributed by atoms with Crippen molar-refractivity contribution in [1.29, 1.82) is 0 Å². The fraction of sp³-hybridized carbons (Fsp3) is 0.154. The number of halogens is 1. The highest BCUT2D eigenvalue weighted by atomic mass is 79.9. The molecule has 0 heterocycles. The lowest BCUT2D eigenvalue weighted by Gasteiger charge is -2.05. The van der Waals surface area contributed by atoms with E-state index in [1.165, 1.54) is 7.11 Å². The van der Waals surface area contributed by atoms with Crippen LogP contribution in [0.4, 0.5) is 0 Å². The average Bonchev–Trinajstić information content (AvgIpc) is 2.29. The van der Waals surface area contributed by atoms with Gasteiger partial charge in [-0.1, -0.05) is 40.2 Å². The first-order valence-electron chi connectivity index (χ1n) is 4.94. The van der Waals surface area contributed by atoms with Crippen molar-refractivity contribution in [2.75, 3.05) is 7.11 Å². The molecule has 2 aromatic carbocycles. The summed E-state index contributed by atoms with van der Waals surface area (Å²) < 4.78 is 5.69. The van der Waals surface area contributed by atoms with Crippen molar-refractivity contribution in [3.05, 3.63) is 46.4 Å². The zero-order chi connectivity index (χ0) is 11.5. The van der Waals surface area contributed by atoms with E-state index in [-0.39, 0.29) is 5.97 Å². The summed E-state index contributed by atoms with van der Waals surface area (Å²) in [5, 5.41) is 2.21. The van der Waals surface area contributed by atoms with Gasteiger partial charge >= 0.3 is 5.97 Å². The first-order valence-corrected chi connectivity index (χ1v) is 5.74. The van der Waals surface area contributed by atoms with Crippen molar-refractivity contribution in [1.82, 2.24) is 0 Å². The van der Waals surface area contributed by atoms with Gasteiger partial charge in [0.25, 0.3) is 0 Å². The highest BCUT2D eigenvalue weighted by molar-refractivity contribution is 9.10. The number of rotatable bonds is 2. The van der Waals surface area contributed by atoms with Crippen LogP contribution >= 0.6 is 15.9 Å². The molecule has 0 spiro atoms. The van der Waals surface area contributed by atoms with Gasteiger partial charge in [0.05, 0.1) is 13.5 Å². The SMILES string of the molecule is COC(=O)Cc1cccc2ccc(Br)cc12. The Labute approximate surface area is 102 Å². The Kier molecular flexibility index (Phi) is 3.25. The van der Waals surface area contributed by atoms with Crippen LogP contribution in [-0.2, 0) is 16.0 Å². The predicted octanol–water partition coefficient (Wildman–Crippen LogP) is 3.32. The molecule has 0 aliphatic carbocycles. The maximum Gasteiger partial charge on any atom is 0.309 e. The highest BCUT2D eigenvalue weighted by Gasteiger charge is 2.06. The Balaban J connectivity index is 2.52. The van der Waals surface area contributed by atoms with Crippen LogP contribution in [0, 0.1) is 0 Å². The summed E-state index contributed by atoms with van der Waals surface area (Å²) >= 11 is 3.43. The lowest BCUT2D eigenvalue weighted by atomic mass is 10.0. The number of carbonyl (C=O) groups is 1. The van der Waals surface area contributed by atoms with Gasteiger partial charge in [0.2, 0.25) is 0 Å². The summed E-state index contributed by atoms with van der Waals surface area (Å²) in [6.07, 6.45) is 0.310. The normalized spacial score (nSPS) is 10.4. The second kappa shape index (κ2) is 4.66. The molecule has 0 unspecified atom stereocenters. The largest absolute Gasteiger partial charge is 0.469 e. The fourth-order valence-corrected chi connectivity index (χ4v) is 2.05. The molecule has 3 heteroatoms. The van der Waals surface area contributed by atoms with Crippen molar-refractivity contribution < 1.29 is 9.53 Å². The molecule has 0 fully saturated rings. The molecule has 0 saturated heterocycles. The molecular formula is C13H11BrO2. The molecule has 16 heavy (non-hydrogen) atoms. The third-order valence-corrected chi connectivity index (χ3v) is 2.99. The lowest BCUT2D eigenvalue weighted by Crippen LogP contribution is -2.04. The monoisotopic (exact) mass is 278 g/mol. The molecule has 0 aliphatic rings. The summed E-state index contributed by atoms with van der Waals surface area (Å²) in [5.74, 6) is -0.215. The van der Waals surface area contributed by atoms with E-state index in [0.29, 0.717) is 6.42 Å². The van der Waals surface area contributed by atoms with Crippen molar-refractivity contribution >= 4 is 32.7 Å². The first-order chi connectivity index (χ1) is 7.70. The lowest BCUT2D eigenvalue weighted by molar-refractivity contribution is -0.139. The average molecular weight is 279 g/mol. The zero-order valence-corrected chi connectivity index (χ0v) is 10.5. The third kappa shape index (κ3) is 2.25. The second-order valence-corrected chi connectivity index (χ2v) is 4.45. The maximum absolute atomic E-state index is 11.3. The summed E-state index contributed by atoms with van der Waals surface area (Å²) in [7, 11) is 1.41. The van der Waals surface area contributed by atoms with Crippen LogP contribution in [0.25, 0.3) is 10.8 Å². The van der Waals surface area contributed by atoms with Crippen molar-refractivity contribution in [3.8, 4) is 0 Å². The number of ether oxygens (including phenoxy) is 1. The molecule has 0 aliphatic heterocycles. The molecule has 0 amide bonds. The smallest absolute Gasteiger partial charge is 0.309 e. The zero-order valence-electron chi connectivity index (χ0n) is 8.87. The number of hydrogen-bond acceptors (Lipinski definition) is 2. The van der Waals surface area contributed by atoms with Crippen LogP contribution in [0.2, 0.25) is 0 Å². The van der Waals surface area contributed by atoms with E-state index in [1.54, 1.807) is 0 Å². The third-order valence-electron chi connectivity index (χ3n) is 2.50. The summed E-state index contributed by atoms with van der Waals surface area (Å²) in [6, 6.07) is 12.0. The molecule has 0 atom stereocenters. The molecule has 0 N–H and O–H groups in total. The highest BCUT2D eigenvalue weighted by Crippen LogP contribution is 2.23. The number of esters is 1. The van der Waals surface area contributed by atoms with Gasteiger partial charge in [-0.3, -0.25) is 4.79 Å². The van der Waals surface area contributed by atoms with Crippen LogP contribution in [0.5, 0.6) is 0 Å². The van der Waals surface area contributed by atoms with Gasteiger partial charge in [-0.25, -0.2) is 0 Å². The molecule has 2 nitrogen and oxygen atoms in total. The van der Waals surface area contributed by atoms with E-state index in [4.69, 9.17) is 0 Å². The Morgan fingerprint density at radius 1 is 1.31 bits per heavy atom. The fourth-order valence-electron chi connectivity index (χ4n) is 1.69. The molecule has 2 rings (SSSR count). The van der Waals surface area contributed by atoms with Crippen LogP contribution in [0.15, 0.2) is 40.9 Å². The Morgan fingerprint density at radius 2 is 2.12 bits per heavy atom. The quantitative estimate of drug-likeness (QED) is 0.788. The van der Waals surface area contributed by atoms with Gasteiger partial charge in [0.15, 0.2) is 0 Å². The van der Waals surface area contributed by atoms with Gasteiger partial charge in [-0.15, -0.1) is 0 Å². The maximum atomic E-state index is 11.3. The van der Waals surface area contributed by atoms with Crippen molar-refractivity contribution in [3.63, 3.8) is 0 Å². The minimum absolute atomic E-state index is 0.215. The summed E-state index contributed by atoms with van der Waals surface area (Å²) in [6.45, 7) is 0. The van der Waals surface area contributed by atoms with Crippen LogP contribution in [0.3, 0.4) is 0 Å². The number of methoxy groups -OCH3 is 1. The molecular weight excluding hydrogens is 268 g/mol. The number of benzene rings is 2. The van der Waals surface area contributed by atoms with E-state index in [0.717, 1.165) is 20.8 Å². The van der Waals surface area contributed by atoms with Crippen LogP contribution in [-0.4, -0.2) is 13.1 Å².